The summed E-state index contributed by atoms with van der Waals surface area (Å²) in [7, 11) is 1.48. The van der Waals surface area contributed by atoms with Gasteiger partial charge in [0.05, 0.1) is 23.3 Å². The molecule has 1 heterocycles. The molecule has 9 nitrogen and oxygen atoms in total. The van der Waals surface area contributed by atoms with Crippen molar-refractivity contribution in [2.75, 3.05) is 37.0 Å². The number of nitro groups is 1. The van der Waals surface area contributed by atoms with E-state index in [9.17, 15) is 19.7 Å². The number of nitro benzene ring substituents is 1. The molecule has 0 saturated carbocycles. The number of carbonyl (C=O) groups excluding carboxylic acids is 2. The molecule has 29 heavy (non-hydrogen) atoms. The normalized spacial score (nSPS) is 13.1. The first-order valence-corrected chi connectivity index (χ1v) is 9.13. The third-order valence-corrected chi connectivity index (χ3v) is 4.57. The Balaban J connectivity index is 1.65. The lowest BCUT2D eigenvalue weighted by Crippen LogP contribution is -2.22. The highest BCUT2D eigenvalue weighted by Crippen LogP contribution is 2.31. The van der Waals surface area contributed by atoms with Crippen LogP contribution >= 0.6 is 0 Å². The highest BCUT2D eigenvalue weighted by atomic mass is 16.6. The number of hydrogen-bond acceptors (Lipinski definition) is 7. The lowest BCUT2D eigenvalue weighted by atomic mass is 10.1. The Kier molecular flexibility index (Phi) is 6.28. The summed E-state index contributed by atoms with van der Waals surface area (Å²) in [4.78, 5) is 37.2. The quantitative estimate of drug-likeness (QED) is 0.433. The number of ether oxygens (including phenoxy) is 2. The Labute approximate surface area is 167 Å². The molecule has 1 saturated heterocycles. The molecule has 0 spiro atoms. The molecule has 0 bridgehead atoms. The van der Waals surface area contributed by atoms with Gasteiger partial charge in [0.15, 0.2) is 6.61 Å². The van der Waals surface area contributed by atoms with E-state index in [0.29, 0.717) is 17.1 Å². The van der Waals surface area contributed by atoms with Crippen LogP contribution in [0.3, 0.4) is 0 Å². The van der Waals surface area contributed by atoms with Crippen LogP contribution in [0.25, 0.3) is 0 Å². The van der Waals surface area contributed by atoms with Crippen LogP contribution in [0.2, 0.25) is 0 Å². The number of esters is 1. The molecular weight excluding hydrogens is 378 g/mol. The Morgan fingerprint density at radius 3 is 2.59 bits per heavy atom. The van der Waals surface area contributed by atoms with Crippen molar-refractivity contribution < 1.29 is 24.0 Å². The molecular formula is C20H21N3O6. The second-order valence-corrected chi connectivity index (χ2v) is 6.48. The second-order valence-electron chi connectivity index (χ2n) is 6.48. The molecule has 1 amide bonds. The van der Waals surface area contributed by atoms with Crippen LogP contribution in [0, 0.1) is 10.1 Å². The van der Waals surface area contributed by atoms with Crippen LogP contribution in [0.4, 0.5) is 17.1 Å². The largest absolute Gasteiger partial charge is 0.495 e. The summed E-state index contributed by atoms with van der Waals surface area (Å²) >= 11 is 0. The summed E-state index contributed by atoms with van der Waals surface area (Å²) in [6.45, 7) is 0.958. The predicted molar refractivity (Wildman–Crippen MR) is 106 cm³/mol. The Morgan fingerprint density at radius 2 is 1.90 bits per heavy atom. The number of rotatable bonds is 7. The van der Waals surface area contributed by atoms with E-state index >= 15 is 0 Å². The third kappa shape index (κ3) is 4.81. The Hall–Kier alpha value is -3.62. The monoisotopic (exact) mass is 399 g/mol. The fraction of sp³-hybridized carbons (Fsp3) is 0.300. The van der Waals surface area contributed by atoms with Gasteiger partial charge >= 0.3 is 5.97 Å². The first-order chi connectivity index (χ1) is 14.0. The highest BCUT2D eigenvalue weighted by Gasteiger charge is 2.24. The van der Waals surface area contributed by atoms with Crippen molar-refractivity contribution >= 4 is 28.9 Å². The first-order valence-electron chi connectivity index (χ1n) is 9.13. The van der Waals surface area contributed by atoms with E-state index in [4.69, 9.17) is 9.47 Å². The van der Waals surface area contributed by atoms with Crippen molar-refractivity contribution in [1.29, 1.82) is 0 Å². The fourth-order valence-corrected chi connectivity index (χ4v) is 3.17. The number of methoxy groups -OCH3 is 1. The number of anilines is 2. The van der Waals surface area contributed by atoms with Gasteiger partial charge in [-0.15, -0.1) is 0 Å². The van der Waals surface area contributed by atoms with Gasteiger partial charge in [0.25, 0.3) is 11.6 Å². The molecule has 1 aliphatic rings. The number of amides is 1. The van der Waals surface area contributed by atoms with Crippen molar-refractivity contribution in [3.63, 3.8) is 0 Å². The highest BCUT2D eigenvalue weighted by molar-refractivity contribution is 5.97. The molecule has 1 fully saturated rings. The molecule has 0 unspecified atom stereocenters. The molecule has 0 aromatic heterocycles. The predicted octanol–water partition coefficient (Wildman–Crippen LogP) is 3.00. The van der Waals surface area contributed by atoms with Crippen molar-refractivity contribution in [2.45, 2.75) is 12.8 Å². The number of para-hydroxylation sites is 2. The number of nitrogens with zero attached hydrogens (tertiary/aromatic N) is 2. The zero-order valence-corrected chi connectivity index (χ0v) is 15.9. The zero-order chi connectivity index (χ0) is 20.8. The summed E-state index contributed by atoms with van der Waals surface area (Å²) in [5.74, 6) is -0.886. The van der Waals surface area contributed by atoms with E-state index in [-0.39, 0.29) is 11.3 Å². The van der Waals surface area contributed by atoms with Crippen LogP contribution in [-0.4, -0.2) is 43.6 Å². The molecule has 1 N–H and O–H groups in total. The van der Waals surface area contributed by atoms with Gasteiger partial charge in [0, 0.05) is 19.2 Å². The SMILES string of the molecule is COc1ccccc1NC(=O)COC(=O)c1ccc(N2CCCC2)c([N+](=O)[O-])c1. The molecule has 3 rings (SSSR count). The molecule has 0 atom stereocenters. The standard InChI is InChI=1S/C20H21N3O6/c1-28-18-7-3-2-6-15(18)21-19(24)13-29-20(25)14-8-9-16(17(12-14)23(26)27)22-10-4-5-11-22/h2-3,6-9,12H,4-5,10-11,13H2,1H3,(H,21,24). The minimum absolute atomic E-state index is 0.0183. The van der Waals surface area contributed by atoms with Crippen molar-refractivity contribution in [1.82, 2.24) is 0 Å². The maximum Gasteiger partial charge on any atom is 0.338 e. The van der Waals surface area contributed by atoms with E-state index in [2.05, 4.69) is 5.32 Å². The molecule has 9 heteroatoms. The fourth-order valence-electron chi connectivity index (χ4n) is 3.17. The van der Waals surface area contributed by atoms with Gasteiger partial charge in [0.2, 0.25) is 0 Å². The number of carbonyl (C=O) groups is 2. The average molecular weight is 399 g/mol. The number of nitrogens with one attached hydrogen (secondary N) is 1. The molecule has 0 radical (unpaired) electrons. The smallest absolute Gasteiger partial charge is 0.338 e. The second kappa shape index (κ2) is 9.05. The first kappa shape index (κ1) is 20.1. The summed E-state index contributed by atoms with van der Waals surface area (Å²) in [6.07, 6.45) is 1.95. The van der Waals surface area contributed by atoms with Crippen molar-refractivity contribution in [3.05, 3.63) is 58.1 Å². The average Bonchev–Trinajstić information content (AvgIpc) is 3.26. The van der Waals surface area contributed by atoms with E-state index in [1.807, 2.05) is 4.90 Å². The summed E-state index contributed by atoms with van der Waals surface area (Å²) in [6, 6.07) is 11.0. The van der Waals surface area contributed by atoms with E-state index in [1.165, 1.54) is 19.2 Å². The van der Waals surface area contributed by atoms with Gasteiger partial charge in [-0.1, -0.05) is 12.1 Å². The topological polar surface area (TPSA) is 111 Å². The van der Waals surface area contributed by atoms with Crippen LogP contribution in [0.1, 0.15) is 23.2 Å². The number of benzene rings is 2. The number of hydrogen-bond donors (Lipinski definition) is 1. The van der Waals surface area contributed by atoms with E-state index < -0.39 is 23.4 Å². The van der Waals surface area contributed by atoms with Crippen molar-refractivity contribution in [3.8, 4) is 5.75 Å². The Morgan fingerprint density at radius 1 is 1.17 bits per heavy atom. The van der Waals surface area contributed by atoms with E-state index in [0.717, 1.165) is 25.9 Å². The molecule has 2 aromatic rings. The zero-order valence-electron chi connectivity index (χ0n) is 15.9. The van der Waals surface area contributed by atoms with Crippen LogP contribution in [0.15, 0.2) is 42.5 Å². The van der Waals surface area contributed by atoms with Crippen LogP contribution in [0.5, 0.6) is 5.75 Å². The molecule has 2 aromatic carbocycles. The molecule has 1 aliphatic heterocycles. The summed E-state index contributed by atoms with van der Waals surface area (Å²) < 4.78 is 10.1. The minimum atomic E-state index is -0.809. The van der Waals surface area contributed by atoms with Gasteiger partial charge in [-0.3, -0.25) is 14.9 Å². The molecule has 152 valence electrons. The van der Waals surface area contributed by atoms with Gasteiger partial charge in [0.1, 0.15) is 11.4 Å². The lowest BCUT2D eigenvalue weighted by molar-refractivity contribution is -0.384. The van der Waals surface area contributed by atoms with Crippen LogP contribution in [-0.2, 0) is 9.53 Å². The van der Waals surface area contributed by atoms with E-state index in [1.54, 1.807) is 30.3 Å². The summed E-state index contributed by atoms with van der Waals surface area (Å²) in [5, 5.41) is 14.0. The van der Waals surface area contributed by atoms with Crippen LogP contribution < -0.4 is 15.0 Å². The van der Waals surface area contributed by atoms with Gasteiger partial charge in [-0.2, -0.15) is 0 Å². The van der Waals surface area contributed by atoms with Gasteiger partial charge in [-0.25, -0.2) is 4.79 Å². The maximum atomic E-state index is 12.3. The minimum Gasteiger partial charge on any atom is -0.495 e. The summed E-state index contributed by atoms with van der Waals surface area (Å²) in [5.41, 5.74) is 0.796. The molecule has 0 aliphatic carbocycles. The maximum absolute atomic E-state index is 12.3. The third-order valence-electron chi connectivity index (χ3n) is 4.57. The van der Waals surface area contributed by atoms with Gasteiger partial charge < -0.3 is 19.7 Å². The lowest BCUT2D eigenvalue weighted by Gasteiger charge is -2.17. The van der Waals surface area contributed by atoms with Crippen molar-refractivity contribution in [2.24, 2.45) is 0 Å². The Bertz CT molecular complexity index is 924. The van der Waals surface area contributed by atoms with Gasteiger partial charge in [-0.05, 0) is 37.1 Å².